The average molecular weight is 269 g/mol. The van der Waals surface area contributed by atoms with E-state index in [-0.39, 0.29) is 6.04 Å². The van der Waals surface area contributed by atoms with Gasteiger partial charge >= 0.3 is 0 Å². The van der Waals surface area contributed by atoms with Crippen LogP contribution in [0.25, 0.3) is 0 Å². The van der Waals surface area contributed by atoms with Gasteiger partial charge in [-0.15, -0.1) is 0 Å². The van der Waals surface area contributed by atoms with Crippen LogP contribution in [0.15, 0.2) is 54.6 Å². The summed E-state index contributed by atoms with van der Waals surface area (Å²) >= 11 is 0. The molecule has 0 radical (unpaired) electrons. The van der Waals surface area contributed by atoms with Crippen LogP contribution in [0.3, 0.4) is 0 Å². The highest BCUT2D eigenvalue weighted by Gasteiger charge is 2.23. The molecule has 0 unspecified atom stereocenters. The van der Waals surface area contributed by atoms with Crippen molar-refractivity contribution in [2.24, 2.45) is 0 Å². The first kappa shape index (κ1) is 13.2. The highest BCUT2D eigenvalue weighted by molar-refractivity contribution is 5.36. The van der Waals surface area contributed by atoms with Crippen LogP contribution in [0.5, 0.6) is 5.75 Å². The molecule has 2 aromatic carbocycles. The third-order valence-corrected chi connectivity index (χ3v) is 3.66. The Kier molecular flexibility index (Phi) is 4.00. The van der Waals surface area contributed by atoms with Crippen molar-refractivity contribution in [3.8, 4) is 5.75 Å². The Morgan fingerprint density at radius 1 is 1.05 bits per heavy atom. The molecule has 20 heavy (non-hydrogen) atoms. The molecule has 3 rings (SSSR count). The minimum Gasteiger partial charge on any atom is -0.492 e. The number of hydrogen-bond donors (Lipinski definition) is 2. The second-order valence-corrected chi connectivity index (χ2v) is 5.16. The first-order chi connectivity index (χ1) is 9.83. The molecule has 0 aromatic heterocycles. The van der Waals surface area contributed by atoms with Crippen molar-refractivity contribution in [3.63, 3.8) is 0 Å². The van der Waals surface area contributed by atoms with Crippen LogP contribution < -0.4 is 10.1 Å². The number of para-hydroxylation sites is 1. The first-order valence-corrected chi connectivity index (χ1v) is 7.00. The SMILES string of the molecule is O[C@@H]1C[C@@H](NCc2ccccc2)COc2ccccc21. The number of ether oxygens (including phenoxy) is 1. The summed E-state index contributed by atoms with van der Waals surface area (Å²) in [6.07, 6.45) is 0.200. The maximum absolute atomic E-state index is 10.3. The number of aliphatic hydroxyl groups excluding tert-OH is 1. The number of nitrogens with one attached hydrogen (secondary N) is 1. The summed E-state index contributed by atoms with van der Waals surface area (Å²) in [6, 6.07) is 18.1. The lowest BCUT2D eigenvalue weighted by Gasteiger charge is -2.17. The number of hydrogen-bond acceptors (Lipinski definition) is 3. The van der Waals surface area contributed by atoms with Crippen molar-refractivity contribution in [3.05, 3.63) is 65.7 Å². The van der Waals surface area contributed by atoms with Crippen molar-refractivity contribution < 1.29 is 9.84 Å². The van der Waals surface area contributed by atoms with Crippen LogP contribution in [0.4, 0.5) is 0 Å². The zero-order valence-corrected chi connectivity index (χ0v) is 11.3. The Morgan fingerprint density at radius 3 is 2.65 bits per heavy atom. The van der Waals surface area contributed by atoms with Crippen LogP contribution >= 0.6 is 0 Å². The average Bonchev–Trinajstić information content (AvgIpc) is 2.66. The maximum Gasteiger partial charge on any atom is 0.125 e. The van der Waals surface area contributed by atoms with Gasteiger partial charge in [-0.1, -0.05) is 48.5 Å². The van der Waals surface area contributed by atoms with E-state index in [0.717, 1.165) is 17.9 Å². The van der Waals surface area contributed by atoms with E-state index < -0.39 is 6.10 Å². The fourth-order valence-corrected chi connectivity index (χ4v) is 2.54. The molecule has 0 saturated heterocycles. The van der Waals surface area contributed by atoms with E-state index >= 15 is 0 Å². The predicted octanol–water partition coefficient (Wildman–Crippen LogP) is 2.66. The second-order valence-electron chi connectivity index (χ2n) is 5.16. The molecule has 3 heteroatoms. The van der Waals surface area contributed by atoms with Gasteiger partial charge in [-0.3, -0.25) is 0 Å². The van der Waals surface area contributed by atoms with Crippen LogP contribution in [-0.4, -0.2) is 17.8 Å². The first-order valence-electron chi connectivity index (χ1n) is 7.00. The number of fused-ring (bicyclic) bond motifs is 1. The molecule has 0 fully saturated rings. The highest BCUT2D eigenvalue weighted by Crippen LogP contribution is 2.31. The van der Waals surface area contributed by atoms with Crippen molar-refractivity contribution in [1.82, 2.24) is 5.32 Å². The molecule has 2 atom stereocenters. The Balaban J connectivity index is 1.63. The van der Waals surface area contributed by atoms with E-state index in [2.05, 4.69) is 17.4 Å². The van der Waals surface area contributed by atoms with Gasteiger partial charge in [0.25, 0.3) is 0 Å². The Morgan fingerprint density at radius 2 is 1.80 bits per heavy atom. The Hall–Kier alpha value is -1.84. The molecule has 0 spiro atoms. The third kappa shape index (κ3) is 3.00. The summed E-state index contributed by atoms with van der Waals surface area (Å²) in [5, 5.41) is 13.7. The molecule has 2 N–H and O–H groups in total. The summed E-state index contributed by atoms with van der Waals surface area (Å²) < 4.78 is 5.80. The molecule has 1 aliphatic heterocycles. The van der Waals surface area contributed by atoms with Crippen LogP contribution in [-0.2, 0) is 6.54 Å². The third-order valence-electron chi connectivity index (χ3n) is 3.66. The molecule has 2 aromatic rings. The summed E-state index contributed by atoms with van der Waals surface area (Å²) in [5.41, 5.74) is 2.13. The van der Waals surface area contributed by atoms with Gasteiger partial charge in [0.05, 0.1) is 6.10 Å². The van der Waals surface area contributed by atoms with E-state index in [9.17, 15) is 5.11 Å². The number of aliphatic hydroxyl groups is 1. The summed E-state index contributed by atoms with van der Waals surface area (Å²) in [7, 11) is 0. The van der Waals surface area contributed by atoms with Gasteiger partial charge in [0.1, 0.15) is 12.4 Å². The lowest BCUT2D eigenvalue weighted by atomic mass is 10.0. The van der Waals surface area contributed by atoms with Gasteiger partial charge in [-0.25, -0.2) is 0 Å². The molecule has 104 valence electrons. The van der Waals surface area contributed by atoms with Gasteiger partial charge in [-0.05, 0) is 18.1 Å². The minimum atomic E-state index is -0.470. The van der Waals surface area contributed by atoms with E-state index in [1.165, 1.54) is 5.56 Å². The molecule has 0 saturated carbocycles. The van der Waals surface area contributed by atoms with Gasteiger partial charge in [0.2, 0.25) is 0 Å². The van der Waals surface area contributed by atoms with Crippen molar-refractivity contribution in [2.75, 3.05) is 6.61 Å². The van der Waals surface area contributed by atoms with Crippen LogP contribution in [0, 0.1) is 0 Å². The number of rotatable bonds is 3. The zero-order valence-electron chi connectivity index (χ0n) is 11.3. The molecule has 1 aliphatic rings. The van der Waals surface area contributed by atoms with Crippen molar-refractivity contribution >= 4 is 0 Å². The lowest BCUT2D eigenvalue weighted by molar-refractivity contribution is 0.151. The molecular formula is C17H19NO2. The van der Waals surface area contributed by atoms with E-state index in [1.807, 2.05) is 42.5 Å². The zero-order chi connectivity index (χ0) is 13.8. The minimum absolute atomic E-state index is 0.151. The Labute approximate surface area is 119 Å². The molecule has 1 heterocycles. The van der Waals surface area contributed by atoms with E-state index in [4.69, 9.17) is 4.74 Å². The van der Waals surface area contributed by atoms with Gasteiger partial charge in [0, 0.05) is 18.2 Å². The van der Waals surface area contributed by atoms with E-state index in [0.29, 0.717) is 13.0 Å². The summed E-state index contributed by atoms with van der Waals surface area (Å²) in [4.78, 5) is 0. The van der Waals surface area contributed by atoms with Gasteiger partial charge in [-0.2, -0.15) is 0 Å². The van der Waals surface area contributed by atoms with E-state index in [1.54, 1.807) is 0 Å². The topological polar surface area (TPSA) is 41.5 Å². The molecule has 0 amide bonds. The fourth-order valence-electron chi connectivity index (χ4n) is 2.54. The fraction of sp³-hybridized carbons (Fsp3) is 0.294. The standard InChI is InChI=1S/C17H19NO2/c19-16-10-14(18-11-13-6-2-1-3-7-13)12-20-17-9-5-4-8-15(16)17/h1-9,14,16,18-19H,10-12H2/t14-,16-/m1/s1. The molecule has 0 aliphatic carbocycles. The quantitative estimate of drug-likeness (QED) is 0.900. The van der Waals surface area contributed by atoms with Crippen molar-refractivity contribution in [2.45, 2.75) is 25.1 Å². The number of benzene rings is 2. The monoisotopic (exact) mass is 269 g/mol. The van der Waals surface area contributed by atoms with Gasteiger partial charge < -0.3 is 15.2 Å². The molecular weight excluding hydrogens is 250 g/mol. The van der Waals surface area contributed by atoms with Gasteiger partial charge in [0.15, 0.2) is 0 Å². The summed E-state index contributed by atoms with van der Waals surface area (Å²) in [6.45, 7) is 1.37. The smallest absolute Gasteiger partial charge is 0.125 e. The molecule has 3 nitrogen and oxygen atoms in total. The lowest BCUT2D eigenvalue weighted by Crippen LogP contribution is -2.34. The highest BCUT2D eigenvalue weighted by atomic mass is 16.5. The van der Waals surface area contributed by atoms with Crippen molar-refractivity contribution in [1.29, 1.82) is 0 Å². The predicted molar refractivity (Wildman–Crippen MR) is 78.6 cm³/mol. The summed E-state index contributed by atoms with van der Waals surface area (Å²) in [5.74, 6) is 0.795. The largest absolute Gasteiger partial charge is 0.492 e. The molecule has 0 bridgehead atoms. The Bertz CT molecular complexity index is 556. The van der Waals surface area contributed by atoms with Crippen LogP contribution in [0.2, 0.25) is 0 Å². The van der Waals surface area contributed by atoms with Crippen LogP contribution in [0.1, 0.15) is 23.7 Å². The maximum atomic E-state index is 10.3. The second kappa shape index (κ2) is 6.07. The normalized spacial score (nSPS) is 21.6.